The van der Waals surface area contributed by atoms with E-state index in [1.54, 1.807) is 13.2 Å². The molecule has 0 bridgehead atoms. The van der Waals surface area contributed by atoms with Crippen LogP contribution in [-0.4, -0.2) is 47.0 Å². The third-order valence-electron chi connectivity index (χ3n) is 6.72. The highest BCUT2D eigenvalue weighted by Crippen LogP contribution is 2.25. The number of anilines is 2. The van der Waals surface area contributed by atoms with Gasteiger partial charge in [0.2, 0.25) is 0 Å². The number of aromatic amines is 2. The van der Waals surface area contributed by atoms with Gasteiger partial charge in [0.15, 0.2) is 0 Å². The summed E-state index contributed by atoms with van der Waals surface area (Å²) in [5.41, 5.74) is 7.79. The quantitative estimate of drug-likeness (QED) is 0.241. The average Bonchev–Trinajstić information content (AvgIpc) is 3.56. The molecule has 8 nitrogen and oxygen atoms in total. The third kappa shape index (κ3) is 5.04. The molecule has 0 fully saturated rings. The molecular weight excluding hydrogens is 488 g/mol. The molecule has 0 saturated heterocycles. The molecule has 0 aliphatic carbocycles. The molecule has 0 radical (unpaired) electrons. The summed E-state index contributed by atoms with van der Waals surface area (Å²) in [6.45, 7) is 0. The Kier molecular flexibility index (Phi) is 6.20. The van der Waals surface area contributed by atoms with Crippen LogP contribution in [0.2, 0.25) is 0 Å². The molecule has 8 heteroatoms. The van der Waals surface area contributed by atoms with Gasteiger partial charge in [-0.3, -0.25) is 4.79 Å². The number of amides is 1. The van der Waals surface area contributed by atoms with E-state index in [9.17, 15) is 4.79 Å². The molecule has 2 heterocycles. The lowest BCUT2D eigenvalue weighted by molar-refractivity contribution is 0.102. The highest BCUT2D eigenvalue weighted by atomic mass is 16.5. The number of hydrogen-bond donors (Lipinski definition) is 3. The summed E-state index contributed by atoms with van der Waals surface area (Å²) < 4.78 is 5.23. The van der Waals surface area contributed by atoms with Gasteiger partial charge in [-0.1, -0.05) is 12.1 Å². The molecule has 3 N–H and O–H groups in total. The van der Waals surface area contributed by atoms with Crippen LogP contribution in [0.3, 0.4) is 0 Å². The number of nitrogens with one attached hydrogen (secondary N) is 3. The van der Waals surface area contributed by atoms with E-state index in [1.165, 1.54) is 0 Å². The lowest BCUT2D eigenvalue weighted by Gasteiger charge is -2.11. The van der Waals surface area contributed by atoms with E-state index in [0.29, 0.717) is 17.7 Å². The number of aromatic nitrogens is 4. The van der Waals surface area contributed by atoms with Gasteiger partial charge < -0.3 is 24.9 Å². The van der Waals surface area contributed by atoms with Crippen molar-refractivity contribution >= 4 is 39.3 Å². The maximum absolute atomic E-state index is 13.1. The zero-order valence-corrected chi connectivity index (χ0v) is 21.9. The van der Waals surface area contributed by atoms with Crippen LogP contribution in [0.1, 0.15) is 21.7 Å². The van der Waals surface area contributed by atoms with Crippen molar-refractivity contribution in [1.82, 2.24) is 19.9 Å². The predicted octanol–water partition coefficient (Wildman–Crippen LogP) is 6.02. The molecule has 2 aromatic heterocycles. The van der Waals surface area contributed by atoms with Gasteiger partial charge in [-0.05, 0) is 78.4 Å². The van der Waals surface area contributed by atoms with Crippen LogP contribution in [0, 0.1) is 0 Å². The molecule has 4 aromatic carbocycles. The van der Waals surface area contributed by atoms with E-state index in [4.69, 9.17) is 14.7 Å². The van der Waals surface area contributed by atoms with Crippen LogP contribution >= 0.6 is 0 Å². The number of carbonyl (C=O) groups excluding carboxylic acids is 1. The van der Waals surface area contributed by atoms with E-state index in [1.807, 2.05) is 80.8 Å². The smallest absolute Gasteiger partial charge is 0.255 e. The molecule has 6 rings (SSSR count). The first kappa shape index (κ1) is 24.2. The Balaban J connectivity index is 1.18. The Morgan fingerprint density at radius 2 is 1.64 bits per heavy atom. The molecule has 194 valence electrons. The van der Waals surface area contributed by atoms with Crippen molar-refractivity contribution in [3.63, 3.8) is 0 Å². The summed E-state index contributed by atoms with van der Waals surface area (Å²) in [6, 6.07) is 27.3. The lowest BCUT2D eigenvalue weighted by atomic mass is 10.1. The van der Waals surface area contributed by atoms with Crippen LogP contribution in [0.15, 0.2) is 84.9 Å². The second kappa shape index (κ2) is 9.98. The number of carbonyl (C=O) groups is 1. The molecule has 6 aromatic rings. The fourth-order valence-corrected chi connectivity index (χ4v) is 4.57. The molecule has 0 spiro atoms. The second-order valence-electron chi connectivity index (χ2n) is 9.65. The Hall–Kier alpha value is -5.11. The van der Waals surface area contributed by atoms with Crippen molar-refractivity contribution in [1.29, 1.82) is 0 Å². The molecule has 39 heavy (non-hydrogen) atoms. The summed E-state index contributed by atoms with van der Waals surface area (Å²) in [6.07, 6.45) is 0.673. The zero-order valence-electron chi connectivity index (χ0n) is 21.9. The summed E-state index contributed by atoms with van der Waals surface area (Å²) in [7, 11) is 5.68. The molecule has 0 aliphatic rings. The van der Waals surface area contributed by atoms with Crippen molar-refractivity contribution in [2.75, 3.05) is 31.4 Å². The maximum atomic E-state index is 13.1. The van der Waals surface area contributed by atoms with Gasteiger partial charge in [-0.15, -0.1) is 0 Å². The highest BCUT2D eigenvalue weighted by molar-refractivity contribution is 6.06. The fraction of sp³-hybridized carbons (Fsp3) is 0.129. The molecule has 0 saturated carbocycles. The van der Waals surface area contributed by atoms with Crippen molar-refractivity contribution < 1.29 is 9.53 Å². The lowest BCUT2D eigenvalue weighted by Crippen LogP contribution is -2.11. The Morgan fingerprint density at radius 3 is 2.38 bits per heavy atom. The Labute approximate surface area is 225 Å². The zero-order chi connectivity index (χ0) is 26.9. The largest absolute Gasteiger partial charge is 0.497 e. The van der Waals surface area contributed by atoms with Gasteiger partial charge in [0.25, 0.3) is 5.91 Å². The molecule has 1 amide bonds. The van der Waals surface area contributed by atoms with Crippen LogP contribution in [-0.2, 0) is 6.42 Å². The molecule has 0 atom stereocenters. The number of fused-ring (bicyclic) bond motifs is 2. The number of methoxy groups -OCH3 is 1. The standard InChI is InChI=1S/C31H28N6O2/c1-37(2)23-10-6-20(7-11-23)30-35-26-14-8-21(17-27(26)36-30)31(38)32-22-9-15-25-28(18-22)34-29(33-25)16-19-4-12-24(39-3)13-5-19/h4-15,17-18H,16H2,1-3H3,(H,32,38)(H,33,34)(H,35,36). The van der Waals surface area contributed by atoms with Crippen molar-refractivity contribution in [2.45, 2.75) is 6.42 Å². The maximum Gasteiger partial charge on any atom is 0.255 e. The Bertz CT molecular complexity index is 1780. The van der Waals surface area contributed by atoms with E-state index < -0.39 is 0 Å². The number of nitrogens with zero attached hydrogens (tertiary/aromatic N) is 3. The van der Waals surface area contributed by atoms with Crippen molar-refractivity contribution in [3.05, 3.63) is 102 Å². The fourth-order valence-electron chi connectivity index (χ4n) is 4.57. The second-order valence-corrected chi connectivity index (χ2v) is 9.65. The van der Waals surface area contributed by atoms with E-state index in [0.717, 1.165) is 56.3 Å². The van der Waals surface area contributed by atoms with E-state index in [-0.39, 0.29) is 5.91 Å². The van der Waals surface area contributed by atoms with Crippen molar-refractivity contribution in [2.24, 2.45) is 0 Å². The Morgan fingerprint density at radius 1 is 0.846 bits per heavy atom. The minimum Gasteiger partial charge on any atom is -0.497 e. The van der Waals surface area contributed by atoms with Crippen LogP contribution in [0.5, 0.6) is 5.75 Å². The van der Waals surface area contributed by atoms with Gasteiger partial charge >= 0.3 is 0 Å². The van der Waals surface area contributed by atoms with Crippen LogP contribution < -0.4 is 15.0 Å². The highest BCUT2D eigenvalue weighted by Gasteiger charge is 2.12. The van der Waals surface area contributed by atoms with E-state index in [2.05, 4.69) is 32.3 Å². The molecule has 0 unspecified atom stereocenters. The van der Waals surface area contributed by atoms with Gasteiger partial charge in [-0.2, -0.15) is 0 Å². The van der Waals surface area contributed by atoms with Gasteiger partial charge in [0, 0.05) is 43.0 Å². The minimum absolute atomic E-state index is 0.197. The summed E-state index contributed by atoms with van der Waals surface area (Å²) in [5.74, 6) is 2.25. The average molecular weight is 517 g/mol. The number of benzene rings is 4. The predicted molar refractivity (Wildman–Crippen MR) is 156 cm³/mol. The minimum atomic E-state index is -0.197. The summed E-state index contributed by atoms with van der Waals surface area (Å²) in [4.78, 5) is 31.3. The topological polar surface area (TPSA) is 98.9 Å². The normalized spacial score (nSPS) is 11.2. The first-order valence-electron chi connectivity index (χ1n) is 12.7. The van der Waals surface area contributed by atoms with Crippen LogP contribution in [0.4, 0.5) is 11.4 Å². The summed E-state index contributed by atoms with van der Waals surface area (Å²) in [5, 5.41) is 3.00. The van der Waals surface area contributed by atoms with Gasteiger partial charge in [-0.25, -0.2) is 9.97 Å². The van der Waals surface area contributed by atoms with Crippen molar-refractivity contribution in [3.8, 4) is 17.1 Å². The number of ether oxygens (including phenoxy) is 1. The van der Waals surface area contributed by atoms with Gasteiger partial charge in [0.05, 0.1) is 29.2 Å². The van der Waals surface area contributed by atoms with Gasteiger partial charge in [0.1, 0.15) is 17.4 Å². The SMILES string of the molecule is COc1ccc(Cc2nc3cc(NC(=O)c4ccc5nc(-c6ccc(N(C)C)cc6)[nH]c5c4)ccc3[nH]2)cc1. The molecule has 0 aliphatic heterocycles. The number of H-pyrrole nitrogens is 2. The third-order valence-corrected chi connectivity index (χ3v) is 6.72. The van der Waals surface area contributed by atoms with Crippen LogP contribution in [0.25, 0.3) is 33.5 Å². The first-order valence-corrected chi connectivity index (χ1v) is 12.7. The monoisotopic (exact) mass is 516 g/mol. The number of rotatable bonds is 7. The molecular formula is C31H28N6O2. The number of hydrogen-bond acceptors (Lipinski definition) is 5. The first-order chi connectivity index (χ1) is 18.9. The van der Waals surface area contributed by atoms with E-state index >= 15 is 0 Å². The summed E-state index contributed by atoms with van der Waals surface area (Å²) >= 11 is 0. The number of imidazole rings is 2.